The van der Waals surface area contributed by atoms with Gasteiger partial charge in [-0.2, -0.15) is 0 Å². The summed E-state index contributed by atoms with van der Waals surface area (Å²) in [6.07, 6.45) is 1.80. The number of halogens is 2. The minimum absolute atomic E-state index is 0.939. The lowest BCUT2D eigenvalue weighted by atomic mass is 10.3. The van der Waals surface area contributed by atoms with E-state index in [0.717, 1.165) is 23.9 Å². The molecule has 0 spiro atoms. The smallest absolute Gasteiger partial charge is 0.109 e. The summed E-state index contributed by atoms with van der Waals surface area (Å²) in [6.45, 7) is 0. The van der Waals surface area contributed by atoms with Crippen molar-refractivity contribution in [2.75, 3.05) is 14.1 Å². The molecule has 2 rings (SSSR count). The molecule has 0 N–H and O–H groups in total. The molecule has 0 saturated heterocycles. The molecule has 2 aromatic rings. The molecule has 0 amide bonds. The third-order valence-corrected chi connectivity index (χ3v) is 4.48. The van der Waals surface area contributed by atoms with Gasteiger partial charge in [-0.25, -0.2) is 9.98 Å². The summed E-state index contributed by atoms with van der Waals surface area (Å²) in [7, 11) is 3.90. The zero-order chi connectivity index (χ0) is 11.7. The molecule has 0 fully saturated rings. The van der Waals surface area contributed by atoms with E-state index < -0.39 is 0 Å². The molecule has 84 valence electrons. The van der Waals surface area contributed by atoms with Gasteiger partial charge < -0.3 is 4.90 Å². The Hall–Kier alpha value is -0.210. The highest BCUT2D eigenvalue weighted by Gasteiger charge is 2.10. The van der Waals surface area contributed by atoms with Gasteiger partial charge >= 0.3 is 0 Å². The van der Waals surface area contributed by atoms with Gasteiger partial charge in [-0.05, 0) is 44.6 Å². The van der Waals surface area contributed by atoms with E-state index in [1.165, 1.54) is 0 Å². The second-order valence-electron chi connectivity index (χ2n) is 3.43. The van der Waals surface area contributed by atoms with Crippen molar-refractivity contribution in [3.8, 4) is 0 Å². The molecule has 0 unspecified atom stereocenters. The van der Waals surface area contributed by atoms with E-state index in [4.69, 9.17) is 0 Å². The normalized spacial score (nSPS) is 11.5. The number of nitrogens with zero attached hydrogens (tertiary/aromatic N) is 3. The molecular formula is C10H9BrIN3S. The zero-order valence-electron chi connectivity index (χ0n) is 8.74. The molecule has 6 heteroatoms. The van der Waals surface area contributed by atoms with E-state index in [2.05, 4.69) is 54.6 Å². The average Bonchev–Trinajstić information content (AvgIpc) is 2.65. The Kier molecular flexibility index (Phi) is 3.81. The summed E-state index contributed by atoms with van der Waals surface area (Å²) in [4.78, 5) is 10.7. The topological polar surface area (TPSA) is 28.5 Å². The number of hydrogen-bond acceptors (Lipinski definition) is 3. The first-order chi connectivity index (χ1) is 7.59. The minimum atomic E-state index is 0.939. The summed E-state index contributed by atoms with van der Waals surface area (Å²) in [6, 6.07) is 2.07. The van der Waals surface area contributed by atoms with Gasteiger partial charge in [0.1, 0.15) is 11.2 Å². The zero-order valence-corrected chi connectivity index (χ0v) is 13.3. The maximum atomic E-state index is 4.46. The molecule has 0 saturated carbocycles. The molecule has 0 atom stereocenters. The van der Waals surface area contributed by atoms with Crippen molar-refractivity contribution in [1.82, 2.24) is 9.88 Å². The maximum absolute atomic E-state index is 4.46. The van der Waals surface area contributed by atoms with Crippen LogP contribution in [0.3, 0.4) is 0 Å². The van der Waals surface area contributed by atoms with Crippen LogP contribution in [-0.4, -0.2) is 30.3 Å². The first-order valence-corrected chi connectivity index (χ1v) is 7.26. The van der Waals surface area contributed by atoms with Crippen LogP contribution in [0.4, 0.5) is 5.69 Å². The Labute approximate surface area is 120 Å². The SMILES string of the molecule is CN(C)C=Nc1c(I)cc(Br)c2scnc12. The van der Waals surface area contributed by atoms with Crippen LogP contribution in [0.25, 0.3) is 10.2 Å². The van der Waals surface area contributed by atoms with Crippen LogP contribution in [-0.2, 0) is 0 Å². The predicted octanol–water partition coefficient (Wildman–Crippen LogP) is 3.88. The van der Waals surface area contributed by atoms with Crippen molar-refractivity contribution in [3.63, 3.8) is 0 Å². The molecule has 0 aliphatic rings. The van der Waals surface area contributed by atoms with Crippen LogP contribution in [0.2, 0.25) is 0 Å². The maximum Gasteiger partial charge on any atom is 0.109 e. The summed E-state index contributed by atoms with van der Waals surface area (Å²) in [5.74, 6) is 0. The molecule has 0 aliphatic heterocycles. The van der Waals surface area contributed by atoms with Crippen molar-refractivity contribution in [1.29, 1.82) is 0 Å². The fourth-order valence-corrected chi connectivity index (χ4v) is 3.77. The Bertz CT molecular complexity index is 550. The van der Waals surface area contributed by atoms with Crippen molar-refractivity contribution >= 4 is 72.1 Å². The lowest BCUT2D eigenvalue weighted by Gasteiger charge is -2.05. The van der Waals surface area contributed by atoms with Gasteiger partial charge in [-0.1, -0.05) is 0 Å². The molecular weight excluding hydrogens is 401 g/mol. The van der Waals surface area contributed by atoms with Gasteiger partial charge in [0.25, 0.3) is 0 Å². The van der Waals surface area contributed by atoms with Crippen molar-refractivity contribution in [3.05, 3.63) is 19.6 Å². The monoisotopic (exact) mass is 409 g/mol. The lowest BCUT2D eigenvalue weighted by molar-refractivity contribution is 0.643. The first kappa shape index (κ1) is 12.3. The van der Waals surface area contributed by atoms with Crippen LogP contribution in [0.5, 0.6) is 0 Å². The van der Waals surface area contributed by atoms with Gasteiger partial charge in [0.15, 0.2) is 0 Å². The van der Waals surface area contributed by atoms with Crippen LogP contribution in [0, 0.1) is 3.57 Å². The number of rotatable bonds is 2. The lowest BCUT2D eigenvalue weighted by Crippen LogP contribution is -2.07. The van der Waals surface area contributed by atoms with E-state index in [-0.39, 0.29) is 0 Å². The Balaban J connectivity index is 2.63. The third kappa shape index (κ3) is 2.38. The standard InChI is InChI=1S/C10H9BrIN3S/c1-15(2)4-13-8-7(12)3-6(11)10-9(8)14-5-16-10/h3-5H,1-2H3. The van der Waals surface area contributed by atoms with Gasteiger partial charge in [0, 0.05) is 22.1 Å². The van der Waals surface area contributed by atoms with Gasteiger partial charge in [0.2, 0.25) is 0 Å². The van der Waals surface area contributed by atoms with E-state index in [9.17, 15) is 0 Å². The van der Waals surface area contributed by atoms with Crippen LogP contribution in [0.1, 0.15) is 0 Å². The molecule has 0 bridgehead atoms. The summed E-state index contributed by atoms with van der Waals surface area (Å²) in [5.41, 5.74) is 3.75. The summed E-state index contributed by atoms with van der Waals surface area (Å²) in [5, 5.41) is 0. The quantitative estimate of drug-likeness (QED) is 0.427. The van der Waals surface area contributed by atoms with Crippen molar-refractivity contribution in [2.45, 2.75) is 0 Å². The average molecular weight is 410 g/mol. The third-order valence-electron chi connectivity index (χ3n) is 1.91. The van der Waals surface area contributed by atoms with E-state index >= 15 is 0 Å². The summed E-state index contributed by atoms with van der Waals surface area (Å²) < 4.78 is 3.32. The van der Waals surface area contributed by atoms with E-state index in [0.29, 0.717) is 0 Å². The largest absolute Gasteiger partial charge is 0.369 e. The summed E-state index contributed by atoms with van der Waals surface area (Å²) >= 11 is 7.45. The number of aliphatic imine (C=N–C) groups is 1. The Morgan fingerprint density at radius 3 is 3.00 bits per heavy atom. The van der Waals surface area contributed by atoms with Crippen LogP contribution in [0.15, 0.2) is 21.0 Å². The van der Waals surface area contributed by atoms with E-state index in [1.54, 1.807) is 17.7 Å². The molecule has 1 aromatic heterocycles. The fourth-order valence-electron chi connectivity index (χ4n) is 1.24. The van der Waals surface area contributed by atoms with Crippen LogP contribution >= 0.6 is 49.9 Å². The van der Waals surface area contributed by atoms with Crippen molar-refractivity contribution < 1.29 is 0 Å². The molecule has 0 aliphatic carbocycles. The minimum Gasteiger partial charge on any atom is -0.369 e. The van der Waals surface area contributed by atoms with Gasteiger partial charge in [0.05, 0.1) is 16.5 Å². The molecule has 16 heavy (non-hydrogen) atoms. The first-order valence-electron chi connectivity index (χ1n) is 4.51. The van der Waals surface area contributed by atoms with E-state index in [1.807, 2.05) is 24.5 Å². The fraction of sp³-hybridized carbons (Fsp3) is 0.200. The molecule has 1 aromatic carbocycles. The highest BCUT2D eigenvalue weighted by molar-refractivity contribution is 14.1. The highest BCUT2D eigenvalue weighted by Crippen LogP contribution is 2.37. The predicted molar refractivity (Wildman–Crippen MR) is 81.9 cm³/mol. The molecule has 0 radical (unpaired) electrons. The Morgan fingerprint density at radius 2 is 2.31 bits per heavy atom. The number of benzene rings is 1. The number of aromatic nitrogens is 1. The molecule has 3 nitrogen and oxygen atoms in total. The second kappa shape index (κ2) is 4.97. The number of thiazole rings is 1. The second-order valence-corrected chi connectivity index (χ2v) is 6.30. The van der Waals surface area contributed by atoms with Crippen LogP contribution < -0.4 is 0 Å². The Morgan fingerprint density at radius 1 is 1.56 bits per heavy atom. The van der Waals surface area contributed by atoms with Crippen molar-refractivity contribution in [2.24, 2.45) is 4.99 Å². The van der Waals surface area contributed by atoms with Gasteiger partial charge in [-0.3, -0.25) is 0 Å². The molecule has 1 heterocycles. The van der Waals surface area contributed by atoms with Gasteiger partial charge in [-0.15, -0.1) is 11.3 Å². The number of hydrogen-bond donors (Lipinski definition) is 0. The highest BCUT2D eigenvalue weighted by atomic mass is 127. The number of fused-ring (bicyclic) bond motifs is 1.